The Hall–Kier alpha value is -4.34. The standard InChI is InChI=1S/C34H33N3O6/c38-25-13-10-21-16-26-34(42)17-24(28(39)30-33(34,27(21)29(25)43-30)14-15-37(26)18-19-6-7-19)32(41)36-23-11-8-20(9-12-23)31(40)35-22-4-2-1-3-5-22/h1-5,8-13,19,26,30,38-39,42H,6-7,14-18H2,(H,35,40)(H,36,41)/t26-,30+,33+,34-/m1/s1. The van der Waals surface area contributed by atoms with Crippen molar-refractivity contribution < 1.29 is 29.6 Å². The molecular formula is C34H33N3O6. The maximum Gasteiger partial charge on any atom is 0.255 e. The number of ether oxygens (including phenoxy) is 1. The summed E-state index contributed by atoms with van der Waals surface area (Å²) < 4.78 is 6.28. The maximum atomic E-state index is 13.7. The lowest BCUT2D eigenvalue weighted by Crippen LogP contribution is -2.75. The highest BCUT2D eigenvalue weighted by Crippen LogP contribution is 2.66. The van der Waals surface area contributed by atoms with Crippen LogP contribution in [0, 0.1) is 5.92 Å². The fourth-order valence-electron chi connectivity index (χ4n) is 8.00. The van der Waals surface area contributed by atoms with Crippen molar-refractivity contribution in [1.82, 2.24) is 4.90 Å². The van der Waals surface area contributed by atoms with Gasteiger partial charge in [0.1, 0.15) is 5.76 Å². The summed E-state index contributed by atoms with van der Waals surface area (Å²) in [4.78, 5) is 28.8. The first kappa shape index (κ1) is 26.3. The largest absolute Gasteiger partial charge is 0.508 e. The number of phenolic OH excluding ortho intramolecular Hbond substituents is 1. The van der Waals surface area contributed by atoms with E-state index in [1.165, 1.54) is 12.8 Å². The van der Waals surface area contributed by atoms with Crippen LogP contribution in [-0.2, 0) is 16.6 Å². The van der Waals surface area contributed by atoms with E-state index in [0.29, 0.717) is 41.4 Å². The molecule has 2 heterocycles. The number of nitrogens with one attached hydrogen (secondary N) is 2. The lowest BCUT2D eigenvalue weighted by molar-refractivity contribution is -0.172. The molecule has 220 valence electrons. The van der Waals surface area contributed by atoms with Crippen molar-refractivity contribution in [3.8, 4) is 11.5 Å². The molecule has 8 rings (SSSR count). The van der Waals surface area contributed by atoms with Crippen molar-refractivity contribution >= 4 is 23.2 Å². The number of carbonyl (C=O) groups is 2. The van der Waals surface area contributed by atoms with Crippen molar-refractivity contribution in [2.45, 2.75) is 55.3 Å². The van der Waals surface area contributed by atoms with Gasteiger partial charge in [0.25, 0.3) is 11.8 Å². The fraction of sp³-hybridized carbons (Fsp3) is 0.353. The van der Waals surface area contributed by atoms with Gasteiger partial charge in [-0.25, -0.2) is 0 Å². The molecule has 1 saturated heterocycles. The third kappa shape index (κ3) is 3.84. The van der Waals surface area contributed by atoms with Gasteiger partial charge in [-0.05, 0) is 86.2 Å². The third-order valence-electron chi connectivity index (χ3n) is 10.2. The van der Waals surface area contributed by atoms with Gasteiger partial charge in [-0.1, -0.05) is 24.3 Å². The summed E-state index contributed by atoms with van der Waals surface area (Å²) in [5.41, 5.74) is 1.08. The molecule has 2 amide bonds. The Labute approximate surface area is 248 Å². The second-order valence-corrected chi connectivity index (χ2v) is 12.6. The molecule has 0 aromatic heterocycles. The first-order valence-corrected chi connectivity index (χ1v) is 15.0. The summed E-state index contributed by atoms with van der Waals surface area (Å²) >= 11 is 0. The van der Waals surface area contributed by atoms with Crippen LogP contribution in [0.25, 0.3) is 0 Å². The number of carbonyl (C=O) groups excluding carboxylic acids is 2. The van der Waals surface area contributed by atoms with Gasteiger partial charge in [-0.15, -0.1) is 0 Å². The molecule has 5 aliphatic rings. The van der Waals surface area contributed by atoms with Gasteiger partial charge in [0.15, 0.2) is 17.6 Å². The number of amides is 2. The van der Waals surface area contributed by atoms with Crippen molar-refractivity contribution in [3.05, 3.63) is 94.8 Å². The average Bonchev–Trinajstić information content (AvgIpc) is 3.75. The van der Waals surface area contributed by atoms with Gasteiger partial charge in [0.2, 0.25) is 0 Å². The molecule has 2 aliphatic heterocycles. The first-order chi connectivity index (χ1) is 20.8. The van der Waals surface area contributed by atoms with E-state index in [4.69, 9.17) is 4.74 Å². The minimum atomic E-state index is -1.38. The van der Waals surface area contributed by atoms with E-state index in [9.17, 15) is 24.9 Å². The van der Waals surface area contributed by atoms with Gasteiger partial charge in [-0.2, -0.15) is 0 Å². The number of anilines is 2. The second-order valence-electron chi connectivity index (χ2n) is 12.6. The number of aliphatic hydroxyl groups excluding tert-OH is 1. The molecule has 43 heavy (non-hydrogen) atoms. The Kier molecular flexibility index (Phi) is 5.71. The van der Waals surface area contributed by atoms with E-state index in [-0.39, 0.29) is 35.5 Å². The Balaban J connectivity index is 1.10. The fourth-order valence-corrected chi connectivity index (χ4v) is 8.00. The number of phenols is 1. The molecule has 2 fully saturated rings. The zero-order chi connectivity index (χ0) is 29.5. The Bertz CT molecular complexity index is 1680. The van der Waals surface area contributed by atoms with Crippen molar-refractivity contribution in [2.24, 2.45) is 5.92 Å². The van der Waals surface area contributed by atoms with Crippen molar-refractivity contribution in [3.63, 3.8) is 0 Å². The Morgan fingerprint density at radius 1 is 0.930 bits per heavy atom. The molecule has 3 aromatic carbocycles. The molecule has 0 radical (unpaired) electrons. The molecule has 0 unspecified atom stereocenters. The van der Waals surface area contributed by atoms with Crippen LogP contribution in [0.1, 0.15) is 47.2 Å². The number of hydrogen-bond acceptors (Lipinski definition) is 7. The summed E-state index contributed by atoms with van der Waals surface area (Å²) in [7, 11) is 0. The third-order valence-corrected chi connectivity index (χ3v) is 10.2. The van der Waals surface area contributed by atoms with Gasteiger partial charge >= 0.3 is 0 Å². The summed E-state index contributed by atoms with van der Waals surface area (Å²) in [6, 6.07) is 18.9. The van der Waals surface area contributed by atoms with E-state index in [1.54, 1.807) is 42.5 Å². The van der Waals surface area contributed by atoms with Crippen molar-refractivity contribution in [1.29, 1.82) is 0 Å². The van der Waals surface area contributed by atoms with Gasteiger partial charge < -0.3 is 30.7 Å². The lowest BCUT2D eigenvalue weighted by atomic mass is 9.49. The topological polar surface area (TPSA) is 131 Å². The smallest absolute Gasteiger partial charge is 0.255 e. The van der Waals surface area contributed by atoms with Crippen LogP contribution in [0.2, 0.25) is 0 Å². The number of nitrogens with zero attached hydrogens (tertiary/aromatic N) is 1. The number of para-hydroxylation sites is 1. The van der Waals surface area contributed by atoms with Crippen LogP contribution in [0.15, 0.2) is 78.1 Å². The van der Waals surface area contributed by atoms with Crippen LogP contribution in [0.5, 0.6) is 11.5 Å². The molecule has 5 N–H and O–H groups in total. The summed E-state index contributed by atoms with van der Waals surface area (Å²) in [6.07, 6.45) is 2.48. The van der Waals surface area contributed by atoms with Crippen LogP contribution in [-0.4, -0.2) is 62.9 Å². The molecule has 3 aliphatic carbocycles. The number of likely N-dealkylation sites (tertiary alicyclic amines) is 1. The Morgan fingerprint density at radius 3 is 2.40 bits per heavy atom. The highest BCUT2D eigenvalue weighted by molar-refractivity contribution is 6.06. The summed E-state index contributed by atoms with van der Waals surface area (Å²) in [5.74, 6) is -0.128. The zero-order valence-corrected chi connectivity index (χ0v) is 23.5. The van der Waals surface area contributed by atoms with E-state index < -0.39 is 23.0 Å². The van der Waals surface area contributed by atoms with Crippen LogP contribution < -0.4 is 15.4 Å². The van der Waals surface area contributed by atoms with E-state index >= 15 is 0 Å². The minimum absolute atomic E-state index is 0.0288. The number of aliphatic hydroxyl groups is 2. The highest BCUT2D eigenvalue weighted by Gasteiger charge is 2.73. The van der Waals surface area contributed by atoms with Crippen molar-refractivity contribution in [2.75, 3.05) is 23.7 Å². The number of rotatable bonds is 6. The minimum Gasteiger partial charge on any atom is -0.508 e. The van der Waals surface area contributed by atoms with Crippen LogP contribution in [0.3, 0.4) is 0 Å². The number of aromatic hydroxyl groups is 1. The van der Waals surface area contributed by atoms with E-state index in [2.05, 4.69) is 15.5 Å². The average molecular weight is 580 g/mol. The SMILES string of the molecule is O=C(Nc1ccc(C(=O)Nc2ccccc2)cc1)C1=C(O)[C@@H]2Oc3c(O)ccc4c3[C@@]23CCN(CC2CC2)[C@H](C4)[C@]3(O)C1. The number of benzene rings is 3. The zero-order valence-electron chi connectivity index (χ0n) is 23.5. The lowest BCUT2D eigenvalue weighted by Gasteiger charge is -2.62. The highest BCUT2D eigenvalue weighted by atomic mass is 16.5. The van der Waals surface area contributed by atoms with Gasteiger partial charge in [-0.3, -0.25) is 14.5 Å². The molecule has 4 atom stereocenters. The predicted octanol–water partition coefficient (Wildman–Crippen LogP) is 4.27. The monoisotopic (exact) mass is 579 g/mol. The number of piperidine rings is 1. The van der Waals surface area contributed by atoms with E-state index in [0.717, 1.165) is 24.2 Å². The summed E-state index contributed by atoms with van der Waals surface area (Å²) in [5, 5.41) is 40.8. The molecule has 9 nitrogen and oxygen atoms in total. The molecule has 2 bridgehead atoms. The Morgan fingerprint density at radius 2 is 1.65 bits per heavy atom. The normalized spacial score (nSPS) is 28.6. The van der Waals surface area contributed by atoms with Crippen LogP contribution >= 0.6 is 0 Å². The van der Waals surface area contributed by atoms with Gasteiger partial charge in [0.05, 0.1) is 16.6 Å². The quantitative estimate of drug-likeness (QED) is 0.295. The first-order valence-electron chi connectivity index (χ1n) is 15.0. The molecule has 1 saturated carbocycles. The van der Waals surface area contributed by atoms with Gasteiger partial charge in [0, 0.05) is 41.5 Å². The number of hydrogen-bond donors (Lipinski definition) is 5. The maximum absolute atomic E-state index is 13.7. The predicted molar refractivity (Wildman–Crippen MR) is 159 cm³/mol. The second kappa shape index (κ2) is 9.33. The molecule has 3 aromatic rings. The molecular weight excluding hydrogens is 546 g/mol. The van der Waals surface area contributed by atoms with Crippen LogP contribution in [0.4, 0.5) is 11.4 Å². The summed E-state index contributed by atoms with van der Waals surface area (Å²) in [6.45, 7) is 1.65. The van der Waals surface area contributed by atoms with E-state index in [1.807, 2.05) is 24.3 Å². The molecule has 1 spiro atoms. The molecule has 9 heteroatoms.